The van der Waals surface area contributed by atoms with E-state index in [4.69, 9.17) is 21.3 Å². The smallest absolute Gasteiger partial charge is 0.156 e. The van der Waals surface area contributed by atoms with Crippen molar-refractivity contribution in [1.82, 2.24) is 9.38 Å². The molecule has 4 nitrogen and oxygen atoms in total. The Balaban J connectivity index is 1.45. The van der Waals surface area contributed by atoms with Crippen LogP contribution in [0, 0.1) is 17.1 Å². The molecule has 3 heterocycles. The molecule has 0 N–H and O–H groups in total. The standard InChI is InChI=1S/C29H23ClFN3O/c1-17(15-32)27-22-9-7-18(12-20(22)16-35-26-14-21(31)8-10-23(26)27)13-25-28(19-4-2-5-19)33-29-24(30)6-3-11-34(25)29/h3,6-12,14,19H,2,4-5,13,16H2,1H3. The lowest BCUT2D eigenvalue weighted by Gasteiger charge is -2.24. The second-order valence-corrected chi connectivity index (χ2v) is 9.74. The van der Waals surface area contributed by atoms with Crippen LogP contribution >= 0.6 is 11.6 Å². The van der Waals surface area contributed by atoms with E-state index in [9.17, 15) is 9.65 Å². The third-order valence-electron chi connectivity index (χ3n) is 7.17. The molecule has 35 heavy (non-hydrogen) atoms. The molecule has 0 bridgehead atoms. The molecular weight excluding hydrogens is 461 g/mol. The first-order chi connectivity index (χ1) is 17.0. The van der Waals surface area contributed by atoms with Gasteiger partial charge in [-0.05, 0) is 60.7 Å². The molecule has 0 unspecified atom stereocenters. The number of hydrogen-bond donors (Lipinski definition) is 0. The normalized spacial score (nSPS) is 16.5. The Kier molecular flexibility index (Phi) is 5.35. The summed E-state index contributed by atoms with van der Waals surface area (Å²) < 4.78 is 22.1. The molecule has 2 aromatic carbocycles. The van der Waals surface area contributed by atoms with E-state index in [0.717, 1.165) is 57.7 Å². The quantitative estimate of drug-likeness (QED) is 0.289. The number of allylic oxidation sites excluding steroid dienone is 1. The van der Waals surface area contributed by atoms with Crippen LogP contribution in [-0.2, 0) is 13.0 Å². The topological polar surface area (TPSA) is 50.3 Å². The van der Waals surface area contributed by atoms with Gasteiger partial charge in [-0.25, -0.2) is 9.37 Å². The highest BCUT2D eigenvalue weighted by Crippen LogP contribution is 2.41. The molecule has 1 saturated carbocycles. The van der Waals surface area contributed by atoms with E-state index in [0.29, 0.717) is 35.3 Å². The van der Waals surface area contributed by atoms with Gasteiger partial charge in [0.1, 0.15) is 18.2 Å². The number of aromatic nitrogens is 2. The number of pyridine rings is 1. The zero-order valence-electron chi connectivity index (χ0n) is 19.3. The minimum absolute atomic E-state index is 0.302. The average Bonchev–Trinajstić information content (AvgIpc) is 3.08. The first kappa shape index (κ1) is 21.9. The molecule has 1 aliphatic carbocycles. The minimum atomic E-state index is -0.362. The summed E-state index contributed by atoms with van der Waals surface area (Å²) in [5, 5.41) is 10.4. The van der Waals surface area contributed by atoms with Gasteiger partial charge in [0, 0.05) is 41.3 Å². The largest absolute Gasteiger partial charge is 0.488 e. The molecule has 0 saturated heterocycles. The van der Waals surface area contributed by atoms with Crippen LogP contribution < -0.4 is 4.74 Å². The van der Waals surface area contributed by atoms with Crippen molar-refractivity contribution in [3.8, 4) is 11.8 Å². The second-order valence-electron chi connectivity index (χ2n) is 9.33. The number of hydrogen-bond acceptors (Lipinski definition) is 3. The number of imidazole rings is 1. The van der Waals surface area contributed by atoms with Crippen molar-refractivity contribution < 1.29 is 9.13 Å². The van der Waals surface area contributed by atoms with Gasteiger partial charge in [-0.3, -0.25) is 0 Å². The summed E-state index contributed by atoms with van der Waals surface area (Å²) in [6, 6.07) is 16.9. The Bertz CT molecular complexity index is 1560. The van der Waals surface area contributed by atoms with Gasteiger partial charge in [0.05, 0.1) is 22.5 Å². The third-order valence-corrected chi connectivity index (χ3v) is 7.47. The van der Waals surface area contributed by atoms with Crippen molar-refractivity contribution in [3.63, 3.8) is 0 Å². The van der Waals surface area contributed by atoms with Crippen LogP contribution in [0.3, 0.4) is 0 Å². The Morgan fingerprint density at radius 1 is 1.20 bits per heavy atom. The van der Waals surface area contributed by atoms with Crippen LogP contribution in [0.1, 0.15) is 65.7 Å². The van der Waals surface area contributed by atoms with Gasteiger partial charge in [0.2, 0.25) is 0 Å². The average molecular weight is 484 g/mol. The maximum absolute atomic E-state index is 14.0. The Labute approximate surface area is 208 Å². The van der Waals surface area contributed by atoms with Crippen LogP contribution in [0.15, 0.2) is 60.3 Å². The van der Waals surface area contributed by atoms with E-state index in [1.54, 1.807) is 13.0 Å². The molecular formula is C29H23ClFN3O. The summed E-state index contributed by atoms with van der Waals surface area (Å²) in [6.45, 7) is 2.09. The Hall–Kier alpha value is -3.62. The van der Waals surface area contributed by atoms with Crippen LogP contribution in [0.25, 0.3) is 11.2 Å². The van der Waals surface area contributed by atoms with Gasteiger partial charge in [0.15, 0.2) is 5.65 Å². The molecule has 0 amide bonds. The maximum atomic E-state index is 14.0. The number of nitriles is 1. The first-order valence-corrected chi connectivity index (χ1v) is 12.2. The monoisotopic (exact) mass is 483 g/mol. The van der Waals surface area contributed by atoms with E-state index in [2.05, 4.69) is 28.7 Å². The van der Waals surface area contributed by atoms with Gasteiger partial charge in [-0.1, -0.05) is 36.2 Å². The van der Waals surface area contributed by atoms with E-state index in [1.807, 2.05) is 18.3 Å². The van der Waals surface area contributed by atoms with Crippen molar-refractivity contribution in [2.24, 2.45) is 0 Å². The van der Waals surface area contributed by atoms with E-state index < -0.39 is 0 Å². The molecule has 6 heteroatoms. The molecule has 0 spiro atoms. The fourth-order valence-electron chi connectivity index (χ4n) is 5.18. The molecule has 2 aliphatic rings. The molecule has 2 aromatic heterocycles. The summed E-state index contributed by atoms with van der Waals surface area (Å²) in [6.07, 6.45) is 6.28. The number of halogens is 2. The Morgan fingerprint density at radius 3 is 2.80 bits per heavy atom. The van der Waals surface area contributed by atoms with Gasteiger partial charge in [0.25, 0.3) is 0 Å². The molecule has 174 valence electrons. The molecule has 0 radical (unpaired) electrons. The van der Waals surface area contributed by atoms with E-state index in [-0.39, 0.29) is 5.82 Å². The van der Waals surface area contributed by atoms with E-state index in [1.165, 1.54) is 18.6 Å². The van der Waals surface area contributed by atoms with Gasteiger partial charge in [-0.15, -0.1) is 0 Å². The highest BCUT2D eigenvalue weighted by Gasteiger charge is 2.28. The molecule has 1 aliphatic heterocycles. The fraction of sp³-hybridized carbons (Fsp3) is 0.241. The molecule has 4 aromatic rings. The van der Waals surface area contributed by atoms with Crippen LogP contribution in [0.5, 0.6) is 5.75 Å². The predicted octanol–water partition coefficient (Wildman–Crippen LogP) is 7.22. The van der Waals surface area contributed by atoms with Crippen molar-refractivity contribution in [1.29, 1.82) is 5.26 Å². The van der Waals surface area contributed by atoms with Crippen molar-refractivity contribution in [3.05, 3.63) is 105 Å². The number of fused-ring (bicyclic) bond motifs is 3. The van der Waals surface area contributed by atoms with Crippen molar-refractivity contribution in [2.45, 2.75) is 45.1 Å². The number of ether oxygens (including phenoxy) is 1. The van der Waals surface area contributed by atoms with Crippen LogP contribution in [0.2, 0.25) is 5.02 Å². The summed E-state index contributed by atoms with van der Waals surface area (Å²) >= 11 is 6.48. The van der Waals surface area contributed by atoms with Gasteiger partial charge < -0.3 is 9.14 Å². The summed E-state index contributed by atoms with van der Waals surface area (Å²) in [5.74, 6) is 0.567. The third kappa shape index (κ3) is 3.69. The fourth-order valence-corrected chi connectivity index (χ4v) is 5.39. The number of nitrogens with zero attached hydrogens (tertiary/aromatic N) is 3. The van der Waals surface area contributed by atoms with Crippen LogP contribution in [0.4, 0.5) is 4.39 Å². The zero-order valence-corrected chi connectivity index (χ0v) is 20.1. The maximum Gasteiger partial charge on any atom is 0.156 e. The lowest BCUT2D eigenvalue weighted by molar-refractivity contribution is 0.305. The second kappa shape index (κ2) is 8.55. The van der Waals surface area contributed by atoms with Crippen LogP contribution in [-0.4, -0.2) is 9.38 Å². The summed E-state index contributed by atoms with van der Waals surface area (Å²) in [4.78, 5) is 4.94. The number of rotatable bonds is 3. The highest BCUT2D eigenvalue weighted by molar-refractivity contribution is 6.33. The van der Waals surface area contributed by atoms with E-state index >= 15 is 0 Å². The van der Waals surface area contributed by atoms with Crippen molar-refractivity contribution in [2.75, 3.05) is 0 Å². The molecule has 6 rings (SSSR count). The lowest BCUT2D eigenvalue weighted by atomic mass is 9.81. The summed E-state index contributed by atoms with van der Waals surface area (Å²) in [7, 11) is 0. The first-order valence-electron chi connectivity index (χ1n) is 11.8. The number of benzene rings is 2. The van der Waals surface area contributed by atoms with Gasteiger partial charge >= 0.3 is 0 Å². The molecule has 0 atom stereocenters. The predicted molar refractivity (Wildman–Crippen MR) is 134 cm³/mol. The summed E-state index contributed by atoms with van der Waals surface area (Å²) in [5.41, 5.74) is 8.24. The lowest BCUT2D eigenvalue weighted by Crippen LogP contribution is -2.12. The SMILES string of the molecule is CC(C#N)=C1c2ccc(Cc3c(C4CCC4)nc4c(Cl)cccn34)cc2COc2cc(F)ccc21. The molecule has 1 fully saturated rings. The van der Waals surface area contributed by atoms with Crippen molar-refractivity contribution >= 4 is 22.8 Å². The highest BCUT2D eigenvalue weighted by atomic mass is 35.5. The van der Waals surface area contributed by atoms with Gasteiger partial charge in [-0.2, -0.15) is 5.26 Å². The minimum Gasteiger partial charge on any atom is -0.488 e. The zero-order chi connectivity index (χ0) is 24.1. The Morgan fingerprint density at radius 2 is 2.03 bits per heavy atom.